The second-order valence-corrected chi connectivity index (χ2v) is 4.83. The lowest BCUT2D eigenvalue weighted by Gasteiger charge is -2.07. The van der Waals surface area contributed by atoms with Gasteiger partial charge in [-0.1, -0.05) is 11.2 Å². The first-order valence-corrected chi connectivity index (χ1v) is 6.45. The van der Waals surface area contributed by atoms with E-state index in [2.05, 4.69) is 10.5 Å². The highest BCUT2D eigenvalue weighted by Crippen LogP contribution is 2.17. The number of nitrogens with one attached hydrogen (secondary N) is 1. The van der Waals surface area contributed by atoms with E-state index in [4.69, 9.17) is 4.52 Å². The summed E-state index contributed by atoms with van der Waals surface area (Å²) in [5, 5.41) is 6.41. The number of rotatable bonds is 4. The lowest BCUT2D eigenvalue weighted by atomic mass is 10.1. The number of nitrogens with zero attached hydrogens (tertiary/aromatic N) is 1. The number of carbonyl (C=O) groups excluding carboxylic acids is 1. The summed E-state index contributed by atoms with van der Waals surface area (Å²) in [6.45, 7) is 5.45. The van der Waals surface area contributed by atoms with Crippen molar-refractivity contribution in [2.24, 2.45) is 0 Å². The van der Waals surface area contributed by atoms with Crippen molar-refractivity contribution in [3.63, 3.8) is 0 Å². The summed E-state index contributed by atoms with van der Waals surface area (Å²) in [5.41, 5.74) is 2.75. The van der Waals surface area contributed by atoms with Crippen LogP contribution >= 0.6 is 0 Å². The molecule has 0 spiro atoms. The Labute approximate surface area is 117 Å². The van der Waals surface area contributed by atoms with E-state index in [0.29, 0.717) is 6.42 Å². The highest BCUT2D eigenvalue weighted by molar-refractivity contribution is 5.91. The first-order chi connectivity index (χ1) is 9.47. The Morgan fingerprint density at radius 1 is 1.35 bits per heavy atom. The minimum Gasteiger partial charge on any atom is -0.361 e. The van der Waals surface area contributed by atoms with E-state index in [1.807, 2.05) is 13.8 Å². The van der Waals surface area contributed by atoms with Crippen LogP contribution in [0.1, 0.15) is 29.0 Å². The van der Waals surface area contributed by atoms with E-state index in [1.54, 1.807) is 19.1 Å². The molecule has 0 aliphatic rings. The molecule has 1 aromatic heterocycles. The molecule has 106 valence electrons. The molecule has 2 aromatic rings. The second-order valence-electron chi connectivity index (χ2n) is 4.83. The average molecular weight is 276 g/mol. The Kier molecular flexibility index (Phi) is 4.17. The average Bonchev–Trinajstić information content (AvgIpc) is 2.70. The van der Waals surface area contributed by atoms with Gasteiger partial charge < -0.3 is 9.84 Å². The van der Waals surface area contributed by atoms with Crippen LogP contribution in [0.15, 0.2) is 22.7 Å². The van der Waals surface area contributed by atoms with Crippen LogP contribution in [0.5, 0.6) is 0 Å². The zero-order chi connectivity index (χ0) is 14.7. The summed E-state index contributed by atoms with van der Waals surface area (Å²) in [7, 11) is 0. The zero-order valence-electron chi connectivity index (χ0n) is 11.8. The first-order valence-electron chi connectivity index (χ1n) is 6.45. The molecular weight excluding hydrogens is 259 g/mol. The van der Waals surface area contributed by atoms with Gasteiger partial charge in [0.05, 0.1) is 11.4 Å². The Bertz CT molecular complexity index is 615. The molecule has 2 rings (SSSR count). The third kappa shape index (κ3) is 3.23. The van der Waals surface area contributed by atoms with Crippen LogP contribution in [0, 0.1) is 26.6 Å². The maximum absolute atomic E-state index is 13.6. The lowest BCUT2D eigenvalue weighted by Crippen LogP contribution is -2.13. The molecule has 1 amide bonds. The topological polar surface area (TPSA) is 55.1 Å². The van der Waals surface area contributed by atoms with Crippen molar-refractivity contribution >= 4 is 11.6 Å². The van der Waals surface area contributed by atoms with Crippen molar-refractivity contribution in [1.82, 2.24) is 5.16 Å². The molecule has 5 heteroatoms. The van der Waals surface area contributed by atoms with Crippen LogP contribution in [0.3, 0.4) is 0 Å². The van der Waals surface area contributed by atoms with Gasteiger partial charge >= 0.3 is 0 Å². The Hall–Kier alpha value is -2.17. The second kappa shape index (κ2) is 5.86. The highest BCUT2D eigenvalue weighted by Gasteiger charge is 2.12. The molecule has 0 saturated heterocycles. The third-order valence-electron chi connectivity index (χ3n) is 3.18. The molecule has 4 nitrogen and oxygen atoms in total. The van der Waals surface area contributed by atoms with Crippen LogP contribution in [0.25, 0.3) is 0 Å². The Morgan fingerprint density at radius 2 is 2.10 bits per heavy atom. The number of hydrogen-bond donors (Lipinski definition) is 1. The number of aryl methyl sites for hydroxylation is 3. The molecule has 0 fully saturated rings. The molecule has 1 aromatic carbocycles. The van der Waals surface area contributed by atoms with Gasteiger partial charge in [-0.2, -0.15) is 0 Å². The van der Waals surface area contributed by atoms with Crippen LogP contribution in [-0.4, -0.2) is 11.1 Å². The van der Waals surface area contributed by atoms with Gasteiger partial charge in [-0.05, 0) is 44.9 Å². The standard InChI is InChI=1S/C15H17FN2O2/c1-9-4-6-14(13(16)8-9)17-15(19)7-5-12-10(2)18-20-11(12)3/h4,6,8H,5,7H2,1-3H3,(H,17,19). The first kappa shape index (κ1) is 14.2. The molecule has 0 atom stereocenters. The van der Waals surface area contributed by atoms with Gasteiger partial charge in [0, 0.05) is 12.0 Å². The molecule has 0 unspecified atom stereocenters. The number of amides is 1. The monoisotopic (exact) mass is 276 g/mol. The Balaban J connectivity index is 1.96. The molecule has 0 bridgehead atoms. The smallest absolute Gasteiger partial charge is 0.224 e. The van der Waals surface area contributed by atoms with E-state index in [1.165, 1.54) is 6.07 Å². The maximum Gasteiger partial charge on any atom is 0.224 e. The summed E-state index contributed by atoms with van der Waals surface area (Å²) >= 11 is 0. The number of aromatic nitrogens is 1. The molecule has 0 radical (unpaired) electrons. The van der Waals surface area contributed by atoms with Gasteiger partial charge in [-0.15, -0.1) is 0 Å². The van der Waals surface area contributed by atoms with Gasteiger partial charge in [0.25, 0.3) is 0 Å². The number of hydrogen-bond acceptors (Lipinski definition) is 3. The van der Waals surface area contributed by atoms with E-state index in [9.17, 15) is 9.18 Å². The molecule has 1 N–H and O–H groups in total. The molecule has 0 aliphatic carbocycles. The fourth-order valence-electron chi connectivity index (χ4n) is 2.03. The third-order valence-corrected chi connectivity index (χ3v) is 3.18. The SMILES string of the molecule is Cc1ccc(NC(=O)CCc2c(C)noc2C)c(F)c1. The van der Waals surface area contributed by atoms with E-state index < -0.39 is 5.82 Å². The number of anilines is 1. The van der Waals surface area contributed by atoms with E-state index >= 15 is 0 Å². The predicted molar refractivity (Wildman–Crippen MR) is 74.1 cm³/mol. The van der Waals surface area contributed by atoms with Crippen LogP contribution < -0.4 is 5.32 Å². The predicted octanol–water partition coefficient (Wildman–Crippen LogP) is 3.31. The number of carbonyl (C=O) groups is 1. The van der Waals surface area contributed by atoms with Crippen LogP contribution in [-0.2, 0) is 11.2 Å². The van der Waals surface area contributed by atoms with Crippen LogP contribution in [0.2, 0.25) is 0 Å². The number of benzene rings is 1. The van der Waals surface area contributed by atoms with E-state index in [-0.39, 0.29) is 18.0 Å². The lowest BCUT2D eigenvalue weighted by molar-refractivity contribution is -0.116. The highest BCUT2D eigenvalue weighted by atomic mass is 19.1. The van der Waals surface area contributed by atoms with Gasteiger partial charge in [0.1, 0.15) is 11.6 Å². The Morgan fingerprint density at radius 3 is 2.70 bits per heavy atom. The summed E-state index contributed by atoms with van der Waals surface area (Å²) in [4.78, 5) is 11.8. The summed E-state index contributed by atoms with van der Waals surface area (Å²) in [6, 6.07) is 4.72. The van der Waals surface area contributed by atoms with Crippen LogP contribution in [0.4, 0.5) is 10.1 Å². The van der Waals surface area contributed by atoms with Crippen molar-refractivity contribution in [2.45, 2.75) is 33.6 Å². The normalized spacial score (nSPS) is 10.6. The molecule has 1 heterocycles. The maximum atomic E-state index is 13.6. The summed E-state index contributed by atoms with van der Waals surface area (Å²) in [6.07, 6.45) is 0.788. The molecular formula is C15H17FN2O2. The number of halogens is 1. The quantitative estimate of drug-likeness (QED) is 0.932. The molecule has 0 aliphatic heterocycles. The van der Waals surface area contributed by atoms with Crippen molar-refractivity contribution < 1.29 is 13.7 Å². The van der Waals surface area contributed by atoms with Crippen molar-refractivity contribution in [3.05, 3.63) is 46.6 Å². The molecule has 0 saturated carbocycles. The minimum absolute atomic E-state index is 0.208. The molecule has 20 heavy (non-hydrogen) atoms. The minimum atomic E-state index is -0.421. The summed E-state index contributed by atoms with van der Waals surface area (Å²) in [5.74, 6) is 0.0697. The van der Waals surface area contributed by atoms with Crippen molar-refractivity contribution in [2.75, 3.05) is 5.32 Å². The van der Waals surface area contributed by atoms with Gasteiger partial charge in [0.2, 0.25) is 5.91 Å². The van der Waals surface area contributed by atoms with Crippen molar-refractivity contribution in [1.29, 1.82) is 0 Å². The fraction of sp³-hybridized carbons (Fsp3) is 0.333. The van der Waals surface area contributed by atoms with Gasteiger partial charge in [0.15, 0.2) is 0 Å². The van der Waals surface area contributed by atoms with Gasteiger partial charge in [-0.3, -0.25) is 4.79 Å². The summed E-state index contributed by atoms with van der Waals surface area (Å²) < 4.78 is 18.6. The van der Waals surface area contributed by atoms with Crippen molar-refractivity contribution in [3.8, 4) is 0 Å². The van der Waals surface area contributed by atoms with Gasteiger partial charge in [-0.25, -0.2) is 4.39 Å². The largest absolute Gasteiger partial charge is 0.361 e. The zero-order valence-corrected chi connectivity index (χ0v) is 11.8. The fourth-order valence-corrected chi connectivity index (χ4v) is 2.03. The van der Waals surface area contributed by atoms with E-state index in [0.717, 1.165) is 22.6 Å².